The fourth-order valence-corrected chi connectivity index (χ4v) is 8.83. The second-order valence-corrected chi connectivity index (χ2v) is 18.5. The molecule has 3 heterocycles. The number of aromatic nitrogens is 3. The minimum Gasteiger partial charge on any atom is -0.512 e. The zero-order valence-corrected chi connectivity index (χ0v) is 53.4. The summed E-state index contributed by atoms with van der Waals surface area (Å²) >= 11 is 0. The van der Waals surface area contributed by atoms with E-state index in [1.807, 2.05) is 164 Å². The van der Waals surface area contributed by atoms with Crippen molar-refractivity contribution in [3.05, 3.63) is 269 Å². The van der Waals surface area contributed by atoms with Crippen molar-refractivity contribution < 1.29 is 104 Å². The minimum atomic E-state index is -0.125. The Morgan fingerprint density at radius 3 is 1.11 bits per heavy atom. The number of ketones is 6. The molecule has 3 aromatic heterocycles. The van der Waals surface area contributed by atoms with Crippen LogP contribution in [-0.4, -0.2) is 65.0 Å². The third kappa shape index (κ3) is 17.5. The molecule has 429 valence electrons. The van der Waals surface area contributed by atoms with Crippen LogP contribution in [0.5, 0.6) is 0 Å². The van der Waals surface area contributed by atoms with Gasteiger partial charge in [-0.1, -0.05) is 84.9 Å². The van der Waals surface area contributed by atoms with Crippen molar-refractivity contribution in [2.24, 2.45) is 0 Å². The van der Waals surface area contributed by atoms with Crippen molar-refractivity contribution in [1.82, 2.24) is 15.0 Å². The number of nitrogens with zero attached hydrogens (tertiary/aromatic N) is 3. The summed E-state index contributed by atoms with van der Waals surface area (Å²) in [6, 6.07) is 61.2. The molecule has 9 aromatic rings. The summed E-state index contributed by atoms with van der Waals surface area (Å²) in [4.78, 5) is 80.7. The van der Waals surface area contributed by atoms with Gasteiger partial charge in [0.15, 0.2) is 34.7 Å². The number of allylic oxidation sites excluding steroid dienone is 6. The largest absolute Gasteiger partial charge is 0.512 e. The molecule has 0 spiro atoms. The molecule has 3 aliphatic rings. The van der Waals surface area contributed by atoms with Crippen molar-refractivity contribution in [2.45, 2.75) is 41.5 Å². The van der Waals surface area contributed by atoms with Crippen molar-refractivity contribution in [3.8, 4) is 67.2 Å². The molecule has 0 saturated heterocycles. The third-order valence-corrected chi connectivity index (χ3v) is 12.0. The Kier molecular flexibility index (Phi) is 26.1. The molecule has 3 N–H and O–H groups in total. The molecule has 0 saturated carbocycles. The molecule has 0 amide bonds. The van der Waals surface area contributed by atoms with Gasteiger partial charge in [-0.15, -0.1) is 108 Å². The summed E-state index contributed by atoms with van der Waals surface area (Å²) in [7, 11) is 0. The number of carbonyl (C=O) groups is 6. The smallest absolute Gasteiger partial charge is 0.195 e. The van der Waals surface area contributed by atoms with Crippen molar-refractivity contribution in [2.75, 3.05) is 0 Å². The number of aliphatic hydroxyl groups excluding tert-OH is 3. The minimum absolute atomic E-state index is 0. The summed E-state index contributed by atoms with van der Waals surface area (Å²) in [6.45, 7) is 8.54. The Labute approximate surface area is 528 Å². The molecule has 6 aromatic carbocycles. The second-order valence-electron chi connectivity index (χ2n) is 18.5. The summed E-state index contributed by atoms with van der Waals surface area (Å²) in [5.74, 6) is 0.00493. The monoisotopic (exact) mass is 1650 g/mol. The maximum Gasteiger partial charge on any atom is 0.195 e. The van der Waals surface area contributed by atoms with Crippen LogP contribution >= 0.6 is 0 Å². The summed E-state index contributed by atoms with van der Waals surface area (Å²) in [6.07, 6.45) is 8.72. The molecule has 3 aliphatic carbocycles. The van der Waals surface area contributed by atoms with E-state index in [1.54, 1.807) is 18.6 Å². The topological polar surface area (TPSA) is 202 Å². The van der Waals surface area contributed by atoms with Crippen LogP contribution in [0.2, 0.25) is 0 Å². The van der Waals surface area contributed by atoms with Gasteiger partial charge in [0.2, 0.25) is 0 Å². The second kappa shape index (κ2) is 32.3. The number of carbonyl (C=O) groups excluding carboxylic acids is 6. The van der Waals surface area contributed by atoms with Crippen molar-refractivity contribution in [3.63, 3.8) is 0 Å². The van der Waals surface area contributed by atoms with E-state index in [0.717, 1.165) is 83.7 Å². The van der Waals surface area contributed by atoms with Gasteiger partial charge in [0, 0.05) is 136 Å². The summed E-state index contributed by atoms with van der Waals surface area (Å²) in [5.41, 5.74) is 15.2. The first kappa shape index (κ1) is 67.9. The van der Waals surface area contributed by atoms with E-state index >= 15 is 0 Å². The van der Waals surface area contributed by atoms with Crippen LogP contribution in [-0.2, 0) is 74.7 Å². The van der Waals surface area contributed by atoms with E-state index in [2.05, 4.69) is 33.2 Å². The van der Waals surface area contributed by atoms with Crippen molar-refractivity contribution in [1.29, 1.82) is 0 Å². The normalized spacial score (nSPS) is 11.5. The molecule has 0 unspecified atom stereocenters. The average Bonchev–Trinajstić information content (AvgIpc) is 3.88. The van der Waals surface area contributed by atoms with Gasteiger partial charge in [-0.3, -0.25) is 28.8 Å². The van der Waals surface area contributed by atoms with Crippen LogP contribution in [0, 0.1) is 18.2 Å². The van der Waals surface area contributed by atoms with Crippen LogP contribution in [0.15, 0.2) is 218 Å². The van der Waals surface area contributed by atoms with E-state index in [1.165, 1.54) is 59.8 Å². The van der Waals surface area contributed by atoms with Gasteiger partial charge in [-0.25, -0.2) is 0 Å². The van der Waals surface area contributed by atoms with Gasteiger partial charge in [0.25, 0.3) is 0 Å². The van der Waals surface area contributed by atoms with Crippen LogP contribution in [0.4, 0.5) is 0 Å². The van der Waals surface area contributed by atoms with Crippen LogP contribution in [0.25, 0.3) is 67.2 Å². The number of hydrogen-bond acceptors (Lipinski definition) is 12. The van der Waals surface area contributed by atoms with Gasteiger partial charge in [0.05, 0.1) is 17.3 Å². The Morgan fingerprint density at radius 1 is 0.369 bits per heavy atom. The van der Waals surface area contributed by atoms with Gasteiger partial charge in [0.1, 0.15) is 0 Å². The Hall–Kier alpha value is -8.64. The first-order valence-electron chi connectivity index (χ1n) is 25.4. The Balaban J connectivity index is 0.000000228. The van der Waals surface area contributed by atoms with E-state index in [0.29, 0.717) is 16.8 Å². The van der Waals surface area contributed by atoms with E-state index < -0.39 is 0 Å². The quantitative estimate of drug-likeness (QED) is 0.0809. The number of pyridine rings is 3. The molecule has 0 fully saturated rings. The van der Waals surface area contributed by atoms with Gasteiger partial charge >= 0.3 is 0 Å². The molecule has 12 rings (SSSR count). The molecular weight excluding hydrogens is 1590 g/mol. The molecule has 0 aliphatic heterocycles. The number of benzene rings is 6. The van der Waals surface area contributed by atoms with Gasteiger partial charge in [-0.2, -0.15) is 0 Å². The molecule has 84 heavy (non-hydrogen) atoms. The Morgan fingerprint density at radius 2 is 0.714 bits per heavy atom. The zero-order chi connectivity index (χ0) is 58.2. The van der Waals surface area contributed by atoms with Crippen LogP contribution < -0.4 is 0 Å². The molecule has 12 nitrogen and oxygen atoms in total. The SMILES string of the molecule is CC(=O)C=C(C)O.CC(=O)C=C(C)O.CC(=O)C=C(C)O.O=C1c2ccccc2-c2cc(-c3[c-]cccc3)ncc21.O=C1c2ccccc2-c2ccnc(-c3[c-]cccc3)c21.O=C1c2ccccc2-c2cnc(-c3[c-]cccc3)cc21.[Ir].[Ir].[Ir]. The number of hydrogen-bond donors (Lipinski definition) is 3. The molecule has 0 atom stereocenters. The fraction of sp³-hybridized carbons (Fsp3) is 0.0870. The number of aliphatic hydroxyl groups is 3. The van der Waals surface area contributed by atoms with E-state index in [9.17, 15) is 28.8 Å². The Bertz CT molecular complexity index is 3850. The van der Waals surface area contributed by atoms with Gasteiger partial charge in [-0.05, 0) is 92.5 Å². The van der Waals surface area contributed by atoms with Crippen molar-refractivity contribution >= 4 is 34.7 Å². The first-order chi connectivity index (χ1) is 38.9. The maximum absolute atomic E-state index is 12.6. The maximum atomic E-state index is 12.6. The first-order valence-corrected chi connectivity index (χ1v) is 25.4. The molecule has 0 bridgehead atoms. The zero-order valence-electron chi connectivity index (χ0n) is 46.2. The summed E-state index contributed by atoms with van der Waals surface area (Å²) in [5, 5.41) is 25.1. The van der Waals surface area contributed by atoms with E-state index in [-0.39, 0.29) is 112 Å². The molecule has 15 heteroatoms. The number of fused-ring (bicyclic) bond motifs is 9. The number of rotatable bonds is 6. The summed E-state index contributed by atoms with van der Waals surface area (Å²) < 4.78 is 0. The van der Waals surface area contributed by atoms with Crippen LogP contribution in [0.3, 0.4) is 0 Å². The van der Waals surface area contributed by atoms with Gasteiger partial charge < -0.3 is 30.3 Å². The fourth-order valence-electron chi connectivity index (χ4n) is 8.83. The predicted octanol–water partition coefficient (Wildman–Crippen LogP) is 14.4. The third-order valence-electron chi connectivity index (χ3n) is 12.0. The predicted molar refractivity (Wildman–Crippen MR) is 313 cm³/mol. The standard InChI is InChI=1S/3C18H10NO.3C5H8O2.3Ir/c20-18-14-9-5-4-8-13(14)16-11-19-17(10-15(16)18)12-6-2-1-3-7-12;20-18-14-9-5-4-8-13(14)15-10-17(19-11-16(15)18)12-6-2-1-3-7-12;20-18-15-9-5-4-8-13(15)14-10-11-19-17(16(14)18)12-6-2-1-3-7-12;3*1-4(6)3-5(2)7;;;/h3*1-6,8-11H;3*3,6H,1-2H3;;;/q3*-1;;;;;;. The van der Waals surface area contributed by atoms with Crippen LogP contribution in [0.1, 0.15) is 89.3 Å². The molecule has 3 radical (unpaired) electrons. The van der Waals surface area contributed by atoms with E-state index in [4.69, 9.17) is 15.3 Å². The molecular formula is C69H54Ir3N3O9-3. The average molecular weight is 1650 g/mol.